The SMILES string of the molecule is O=C(N[C@@H]1CCN(c2ccccn2)C1)NC1(CCO)CCC1. The van der Waals surface area contributed by atoms with Crippen molar-refractivity contribution in [3.8, 4) is 0 Å². The van der Waals surface area contributed by atoms with Crippen molar-refractivity contribution in [1.29, 1.82) is 0 Å². The normalized spacial score (nSPS) is 23.0. The molecule has 0 spiro atoms. The third kappa shape index (κ3) is 3.32. The number of hydrogen-bond donors (Lipinski definition) is 3. The van der Waals surface area contributed by atoms with E-state index in [1.165, 1.54) is 0 Å². The van der Waals surface area contributed by atoms with E-state index in [2.05, 4.69) is 20.5 Å². The van der Waals surface area contributed by atoms with Gasteiger partial charge in [0.1, 0.15) is 5.82 Å². The molecule has 120 valence electrons. The molecule has 0 radical (unpaired) electrons. The summed E-state index contributed by atoms with van der Waals surface area (Å²) >= 11 is 0. The molecule has 1 saturated carbocycles. The van der Waals surface area contributed by atoms with Crippen molar-refractivity contribution in [3.63, 3.8) is 0 Å². The summed E-state index contributed by atoms with van der Waals surface area (Å²) in [6.07, 6.45) is 6.41. The van der Waals surface area contributed by atoms with E-state index in [4.69, 9.17) is 5.11 Å². The van der Waals surface area contributed by atoms with Gasteiger partial charge in [-0.05, 0) is 44.2 Å². The van der Waals surface area contributed by atoms with Gasteiger partial charge in [-0.15, -0.1) is 0 Å². The molecule has 1 aliphatic heterocycles. The number of amides is 2. The van der Waals surface area contributed by atoms with E-state index in [9.17, 15) is 4.79 Å². The summed E-state index contributed by atoms with van der Waals surface area (Å²) in [6, 6.07) is 5.91. The van der Waals surface area contributed by atoms with E-state index < -0.39 is 0 Å². The van der Waals surface area contributed by atoms with Gasteiger partial charge in [0.25, 0.3) is 0 Å². The minimum atomic E-state index is -0.182. The van der Waals surface area contributed by atoms with Gasteiger partial charge in [-0.2, -0.15) is 0 Å². The van der Waals surface area contributed by atoms with Gasteiger partial charge >= 0.3 is 6.03 Å². The summed E-state index contributed by atoms with van der Waals surface area (Å²) in [5.41, 5.74) is -0.182. The number of aromatic nitrogens is 1. The molecule has 1 aliphatic carbocycles. The lowest BCUT2D eigenvalue weighted by molar-refractivity contribution is 0.135. The first-order valence-electron chi connectivity index (χ1n) is 8.06. The number of aliphatic hydroxyl groups is 1. The topological polar surface area (TPSA) is 77.5 Å². The molecule has 1 aromatic heterocycles. The van der Waals surface area contributed by atoms with Crippen LogP contribution in [0.1, 0.15) is 32.1 Å². The van der Waals surface area contributed by atoms with Crippen molar-refractivity contribution in [3.05, 3.63) is 24.4 Å². The number of nitrogens with one attached hydrogen (secondary N) is 2. The second-order valence-electron chi connectivity index (χ2n) is 6.33. The first-order chi connectivity index (χ1) is 10.7. The minimum absolute atomic E-state index is 0.110. The molecule has 1 aromatic rings. The van der Waals surface area contributed by atoms with Gasteiger partial charge < -0.3 is 20.6 Å². The molecule has 0 bridgehead atoms. The van der Waals surface area contributed by atoms with E-state index in [1.54, 1.807) is 6.20 Å². The summed E-state index contributed by atoms with van der Waals surface area (Å²) in [6.45, 7) is 1.82. The second-order valence-corrected chi connectivity index (χ2v) is 6.33. The maximum Gasteiger partial charge on any atom is 0.315 e. The van der Waals surface area contributed by atoms with Crippen LogP contribution in [0.4, 0.5) is 10.6 Å². The van der Waals surface area contributed by atoms with E-state index in [0.29, 0.717) is 6.42 Å². The second kappa shape index (κ2) is 6.52. The van der Waals surface area contributed by atoms with Gasteiger partial charge in [0, 0.05) is 37.5 Å². The Balaban J connectivity index is 1.49. The molecular formula is C16H24N4O2. The third-order valence-electron chi connectivity index (χ3n) is 4.78. The van der Waals surface area contributed by atoms with E-state index >= 15 is 0 Å². The summed E-state index contributed by atoms with van der Waals surface area (Å²) in [5.74, 6) is 0.961. The average Bonchev–Trinajstić information content (AvgIpc) is 2.94. The number of aliphatic hydroxyl groups excluding tert-OH is 1. The number of carbonyl (C=O) groups excluding carboxylic acids is 1. The van der Waals surface area contributed by atoms with Crippen LogP contribution in [-0.2, 0) is 0 Å². The average molecular weight is 304 g/mol. The van der Waals surface area contributed by atoms with Crippen LogP contribution in [0.15, 0.2) is 24.4 Å². The highest BCUT2D eigenvalue weighted by Crippen LogP contribution is 2.34. The van der Waals surface area contributed by atoms with Crippen LogP contribution >= 0.6 is 0 Å². The number of anilines is 1. The van der Waals surface area contributed by atoms with Crippen molar-refractivity contribution < 1.29 is 9.90 Å². The maximum absolute atomic E-state index is 12.2. The Bertz CT molecular complexity index is 504. The Kier molecular flexibility index (Phi) is 4.47. The van der Waals surface area contributed by atoms with Gasteiger partial charge in [0.05, 0.1) is 0 Å². The molecular weight excluding hydrogens is 280 g/mol. The molecule has 1 saturated heterocycles. The number of urea groups is 1. The molecule has 22 heavy (non-hydrogen) atoms. The van der Waals surface area contributed by atoms with Crippen molar-refractivity contribution in [2.45, 2.75) is 43.7 Å². The Labute approximate surface area is 130 Å². The lowest BCUT2D eigenvalue weighted by Gasteiger charge is -2.42. The number of rotatable bonds is 5. The van der Waals surface area contributed by atoms with Crippen LogP contribution < -0.4 is 15.5 Å². The Morgan fingerprint density at radius 3 is 2.95 bits per heavy atom. The molecule has 2 aliphatic rings. The molecule has 2 fully saturated rings. The fourth-order valence-electron chi connectivity index (χ4n) is 3.34. The quantitative estimate of drug-likeness (QED) is 0.765. The fourth-order valence-corrected chi connectivity index (χ4v) is 3.34. The number of nitrogens with zero attached hydrogens (tertiary/aromatic N) is 2. The first kappa shape index (κ1) is 15.1. The lowest BCUT2D eigenvalue weighted by Crippen LogP contribution is -2.58. The van der Waals surface area contributed by atoms with Crippen LogP contribution in [0.2, 0.25) is 0 Å². The monoisotopic (exact) mass is 304 g/mol. The van der Waals surface area contributed by atoms with Gasteiger partial charge in [-0.25, -0.2) is 9.78 Å². The zero-order valence-corrected chi connectivity index (χ0v) is 12.8. The maximum atomic E-state index is 12.2. The smallest absolute Gasteiger partial charge is 0.315 e. The Hall–Kier alpha value is -1.82. The summed E-state index contributed by atoms with van der Waals surface area (Å²) in [4.78, 5) is 18.7. The molecule has 6 nitrogen and oxygen atoms in total. The largest absolute Gasteiger partial charge is 0.396 e. The standard InChI is InChI=1S/C16H24N4O2/c21-11-8-16(6-3-7-16)19-15(22)18-13-5-10-20(12-13)14-4-1-2-9-17-14/h1-2,4,9,13,21H,3,5-8,10-12H2,(H2,18,19,22)/t13-/m1/s1. The zero-order valence-electron chi connectivity index (χ0n) is 12.8. The summed E-state index contributed by atoms with van der Waals surface area (Å²) in [7, 11) is 0. The van der Waals surface area contributed by atoms with E-state index in [-0.39, 0.29) is 24.2 Å². The predicted octanol–water partition coefficient (Wildman–Crippen LogP) is 1.26. The van der Waals surface area contributed by atoms with Gasteiger partial charge in [0.2, 0.25) is 0 Å². The van der Waals surface area contributed by atoms with E-state index in [0.717, 1.165) is 44.6 Å². The fraction of sp³-hybridized carbons (Fsp3) is 0.625. The molecule has 3 rings (SSSR count). The molecule has 6 heteroatoms. The zero-order chi connectivity index (χ0) is 15.4. The Morgan fingerprint density at radius 1 is 1.45 bits per heavy atom. The van der Waals surface area contributed by atoms with Crippen LogP contribution in [-0.4, -0.2) is 47.4 Å². The highest BCUT2D eigenvalue weighted by atomic mass is 16.3. The molecule has 0 unspecified atom stereocenters. The molecule has 2 heterocycles. The van der Waals surface area contributed by atoms with Crippen molar-refractivity contribution in [2.75, 3.05) is 24.6 Å². The Morgan fingerprint density at radius 2 is 2.32 bits per heavy atom. The number of pyridine rings is 1. The van der Waals surface area contributed by atoms with Crippen LogP contribution in [0.5, 0.6) is 0 Å². The highest BCUT2D eigenvalue weighted by Gasteiger charge is 2.38. The van der Waals surface area contributed by atoms with Gasteiger partial charge in [-0.3, -0.25) is 0 Å². The number of carbonyl (C=O) groups is 1. The van der Waals surface area contributed by atoms with Crippen LogP contribution in [0.25, 0.3) is 0 Å². The molecule has 2 amide bonds. The highest BCUT2D eigenvalue weighted by molar-refractivity contribution is 5.75. The van der Waals surface area contributed by atoms with Crippen LogP contribution in [0, 0.1) is 0 Å². The molecule has 0 aromatic carbocycles. The first-order valence-corrected chi connectivity index (χ1v) is 8.06. The minimum Gasteiger partial charge on any atom is -0.396 e. The molecule has 1 atom stereocenters. The van der Waals surface area contributed by atoms with Crippen LogP contribution in [0.3, 0.4) is 0 Å². The van der Waals surface area contributed by atoms with Crippen molar-refractivity contribution in [2.24, 2.45) is 0 Å². The number of hydrogen-bond acceptors (Lipinski definition) is 4. The van der Waals surface area contributed by atoms with Gasteiger partial charge in [0.15, 0.2) is 0 Å². The lowest BCUT2D eigenvalue weighted by atomic mass is 9.74. The van der Waals surface area contributed by atoms with E-state index in [1.807, 2.05) is 18.2 Å². The summed E-state index contributed by atoms with van der Waals surface area (Å²) < 4.78 is 0. The molecule has 3 N–H and O–H groups in total. The third-order valence-corrected chi connectivity index (χ3v) is 4.78. The summed E-state index contributed by atoms with van der Waals surface area (Å²) in [5, 5.41) is 15.3. The van der Waals surface area contributed by atoms with Crippen molar-refractivity contribution >= 4 is 11.8 Å². The van der Waals surface area contributed by atoms with Gasteiger partial charge in [-0.1, -0.05) is 6.07 Å². The predicted molar refractivity (Wildman–Crippen MR) is 84.8 cm³/mol. The van der Waals surface area contributed by atoms with Crippen molar-refractivity contribution in [1.82, 2.24) is 15.6 Å².